The molecule has 0 bridgehead atoms. The van der Waals surface area contributed by atoms with Crippen molar-refractivity contribution in [3.63, 3.8) is 0 Å². The number of aryl methyl sites for hydroxylation is 1. The van der Waals surface area contributed by atoms with Crippen LogP contribution < -0.4 is 5.32 Å². The van der Waals surface area contributed by atoms with Crippen LogP contribution >= 0.6 is 0 Å². The molecule has 0 radical (unpaired) electrons. The molecule has 0 aliphatic carbocycles. The third kappa shape index (κ3) is 1.30. The summed E-state index contributed by atoms with van der Waals surface area (Å²) >= 11 is 0. The SMILES string of the molecule is Cc1ccc2c(c1)-c1ccncc1CN2. The number of hydrogen-bond donors (Lipinski definition) is 1. The summed E-state index contributed by atoms with van der Waals surface area (Å²) in [6.07, 6.45) is 3.80. The van der Waals surface area contributed by atoms with Gasteiger partial charge in [0, 0.05) is 30.2 Å². The van der Waals surface area contributed by atoms with E-state index >= 15 is 0 Å². The molecule has 3 rings (SSSR count). The maximum absolute atomic E-state index is 4.15. The fraction of sp³-hybridized carbons (Fsp3) is 0.154. The monoisotopic (exact) mass is 196 g/mol. The molecule has 2 nitrogen and oxygen atoms in total. The Bertz CT molecular complexity index is 518. The number of hydrogen-bond acceptors (Lipinski definition) is 2. The maximum atomic E-state index is 4.15. The average Bonchev–Trinajstić information content (AvgIpc) is 2.29. The number of fused-ring (bicyclic) bond motifs is 3. The summed E-state index contributed by atoms with van der Waals surface area (Å²) in [5, 5.41) is 3.41. The molecule has 0 atom stereocenters. The first-order valence-electron chi connectivity index (χ1n) is 5.12. The van der Waals surface area contributed by atoms with Crippen molar-refractivity contribution < 1.29 is 0 Å². The number of pyridine rings is 1. The van der Waals surface area contributed by atoms with E-state index in [0.717, 1.165) is 6.54 Å². The van der Waals surface area contributed by atoms with E-state index < -0.39 is 0 Å². The largest absolute Gasteiger partial charge is 0.380 e. The van der Waals surface area contributed by atoms with Gasteiger partial charge in [0.15, 0.2) is 0 Å². The summed E-state index contributed by atoms with van der Waals surface area (Å²) in [6, 6.07) is 8.60. The molecule has 0 fully saturated rings. The van der Waals surface area contributed by atoms with Gasteiger partial charge in [-0.3, -0.25) is 4.98 Å². The van der Waals surface area contributed by atoms with Gasteiger partial charge < -0.3 is 5.32 Å². The number of benzene rings is 1. The van der Waals surface area contributed by atoms with Crippen LogP contribution in [0, 0.1) is 6.92 Å². The number of nitrogens with zero attached hydrogens (tertiary/aromatic N) is 1. The highest BCUT2D eigenvalue weighted by atomic mass is 14.9. The van der Waals surface area contributed by atoms with E-state index in [2.05, 4.69) is 41.5 Å². The molecule has 1 N–H and O–H groups in total. The quantitative estimate of drug-likeness (QED) is 0.700. The Balaban J connectivity index is 2.28. The van der Waals surface area contributed by atoms with Crippen molar-refractivity contribution in [1.82, 2.24) is 4.98 Å². The van der Waals surface area contributed by atoms with Gasteiger partial charge >= 0.3 is 0 Å². The van der Waals surface area contributed by atoms with E-state index in [1.54, 1.807) is 0 Å². The molecule has 0 unspecified atom stereocenters. The van der Waals surface area contributed by atoms with Crippen LogP contribution in [0.4, 0.5) is 5.69 Å². The van der Waals surface area contributed by atoms with Crippen LogP contribution in [-0.2, 0) is 6.54 Å². The fourth-order valence-corrected chi connectivity index (χ4v) is 2.06. The van der Waals surface area contributed by atoms with Gasteiger partial charge in [-0.15, -0.1) is 0 Å². The molecule has 1 aliphatic heterocycles. The molecule has 1 aromatic carbocycles. The zero-order valence-electron chi connectivity index (χ0n) is 8.62. The number of rotatable bonds is 0. The van der Waals surface area contributed by atoms with Crippen molar-refractivity contribution in [2.24, 2.45) is 0 Å². The summed E-state index contributed by atoms with van der Waals surface area (Å²) in [4.78, 5) is 4.15. The van der Waals surface area contributed by atoms with Crippen LogP contribution in [0.1, 0.15) is 11.1 Å². The van der Waals surface area contributed by atoms with Gasteiger partial charge in [0.2, 0.25) is 0 Å². The Morgan fingerprint density at radius 3 is 3.07 bits per heavy atom. The number of anilines is 1. The highest BCUT2D eigenvalue weighted by Gasteiger charge is 2.14. The minimum Gasteiger partial charge on any atom is -0.380 e. The van der Waals surface area contributed by atoms with Crippen molar-refractivity contribution in [2.75, 3.05) is 5.32 Å². The van der Waals surface area contributed by atoms with E-state index in [-0.39, 0.29) is 0 Å². The molecule has 2 aromatic rings. The van der Waals surface area contributed by atoms with E-state index in [4.69, 9.17) is 0 Å². The lowest BCUT2D eigenvalue weighted by molar-refractivity contribution is 1.09. The lowest BCUT2D eigenvalue weighted by Gasteiger charge is -2.21. The van der Waals surface area contributed by atoms with Crippen LogP contribution in [0.15, 0.2) is 36.7 Å². The summed E-state index contributed by atoms with van der Waals surface area (Å²) in [5.74, 6) is 0. The highest BCUT2D eigenvalue weighted by Crippen LogP contribution is 2.35. The zero-order valence-corrected chi connectivity index (χ0v) is 8.62. The standard InChI is InChI=1S/C13H12N2/c1-9-2-3-13-12(6-9)11-4-5-14-7-10(11)8-15-13/h2-7,15H,8H2,1H3. The van der Waals surface area contributed by atoms with E-state index in [1.807, 2.05) is 12.4 Å². The van der Waals surface area contributed by atoms with Crippen LogP contribution in [0.25, 0.3) is 11.1 Å². The summed E-state index contributed by atoms with van der Waals surface area (Å²) in [6.45, 7) is 3.00. The number of nitrogens with one attached hydrogen (secondary N) is 1. The van der Waals surface area contributed by atoms with Crippen molar-refractivity contribution >= 4 is 5.69 Å². The summed E-state index contributed by atoms with van der Waals surface area (Å²) < 4.78 is 0. The maximum Gasteiger partial charge on any atom is 0.0422 e. The minimum atomic E-state index is 0.874. The van der Waals surface area contributed by atoms with Crippen LogP contribution in [0.2, 0.25) is 0 Å². The molecular formula is C13H12N2. The Morgan fingerprint density at radius 2 is 2.13 bits per heavy atom. The normalized spacial score (nSPS) is 12.6. The van der Waals surface area contributed by atoms with Crippen LogP contribution in [-0.4, -0.2) is 4.98 Å². The van der Waals surface area contributed by atoms with E-state index in [9.17, 15) is 0 Å². The Hall–Kier alpha value is -1.83. The minimum absolute atomic E-state index is 0.874. The topological polar surface area (TPSA) is 24.9 Å². The first-order valence-corrected chi connectivity index (χ1v) is 5.12. The molecule has 0 spiro atoms. The van der Waals surface area contributed by atoms with Gasteiger partial charge in [-0.25, -0.2) is 0 Å². The van der Waals surface area contributed by atoms with Crippen molar-refractivity contribution in [3.05, 3.63) is 47.8 Å². The van der Waals surface area contributed by atoms with E-state index in [1.165, 1.54) is 27.9 Å². The van der Waals surface area contributed by atoms with Gasteiger partial charge in [0.1, 0.15) is 0 Å². The fourth-order valence-electron chi connectivity index (χ4n) is 2.06. The third-order valence-corrected chi connectivity index (χ3v) is 2.84. The molecule has 0 saturated carbocycles. The first kappa shape index (κ1) is 8.48. The predicted molar refractivity (Wildman–Crippen MR) is 61.7 cm³/mol. The molecular weight excluding hydrogens is 184 g/mol. The van der Waals surface area contributed by atoms with Crippen molar-refractivity contribution in [3.8, 4) is 11.1 Å². The van der Waals surface area contributed by atoms with Gasteiger partial charge in [-0.2, -0.15) is 0 Å². The second-order valence-electron chi connectivity index (χ2n) is 3.94. The lowest BCUT2D eigenvalue weighted by atomic mass is 9.95. The molecule has 2 heteroatoms. The van der Waals surface area contributed by atoms with Gasteiger partial charge in [0.05, 0.1) is 0 Å². The molecule has 0 amide bonds. The second-order valence-corrected chi connectivity index (χ2v) is 3.94. The van der Waals surface area contributed by atoms with E-state index in [0.29, 0.717) is 0 Å². The Kier molecular flexibility index (Phi) is 1.75. The Labute approximate surface area is 89.0 Å². The lowest BCUT2D eigenvalue weighted by Crippen LogP contribution is -2.08. The predicted octanol–water partition coefficient (Wildman–Crippen LogP) is 2.98. The Morgan fingerprint density at radius 1 is 1.20 bits per heavy atom. The molecule has 2 heterocycles. The highest BCUT2D eigenvalue weighted by molar-refractivity contribution is 5.82. The van der Waals surface area contributed by atoms with Gasteiger partial charge in [-0.1, -0.05) is 11.6 Å². The van der Waals surface area contributed by atoms with Crippen molar-refractivity contribution in [2.45, 2.75) is 13.5 Å². The third-order valence-electron chi connectivity index (χ3n) is 2.84. The summed E-state index contributed by atoms with van der Waals surface area (Å²) in [5.41, 5.74) is 6.39. The number of aromatic nitrogens is 1. The molecule has 1 aromatic heterocycles. The molecule has 15 heavy (non-hydrogen) atoms. The second kappa shape index (κ2) is 3.09. The molecule has 0 saturated heterocycles. The average molecular weight is 196 g/mol. The van der Waals surface area contributed by atoms with Crippen LogP contribution in [0.5, 0.6) is 0 Å². The molecule has 1 aliphatic rings. The smallest absolute Gasteiger partial charge is 0.0422 e. The van der Waals surface area contributed by atoms with Gasteiger partial charge in [0.25, 0.3) is 0 Å². The van der Waals surface area contributed by atoms with Crippen LogP contribution in [0.3, 0.4) is 0 Å². The molecule has 74 valence electrons. The first-order chi connectivity index (χ1) is 7.34. The van der Waals surface area contributed by atoms with Crippen molar-refractivity contribution in [1.29, 1.82) is 0 Å². The van der Waals surface area contributed by atoms with Gasteiger partial charge in [-0.05, 0) is 36.2 Å². The summed E-state index contributed by atoms with van der Waals surface area (Å²) in [7, 11) is 0. The zero-order chi connectivity index (χ0) is 10.3.